The predicted molar refractivity (Wildman–Crippen MR) is 93.1 cm³/mol. The van der Waals surface area contributed by atoms with Crippen molar-refractivity contribution in [1.29, 1.82) is 0 Å². The van der Waals surface area contributed by atoms with Gasteiger partial charge < -0.3 is 14.7 Å². The van der Waals surface area contributed by atoms with Crippen LogP contribution in [0, 0.1) is 13.8 Å². The molecule has 1 aliphatic rings. The third kappa shape index (κ3) is 4.33. The highest BCUT2D eigenvalue weighted by atomic mass is 16.5. The van der Waals surface area contributed by atoms with Crippen LogP contribution in [0.5, 0.6) is 6.01 Å². The average molecular weight is 341 g/mol. The Balaban J connectivity index is 1.65. The number of aryl methyl sites for hydroxylation is 2. The summed E-state index contributed by atoms with van der Waals surface area (Å²) in [5.41, 5.74) is 2.31. The van der Waals surface area contributed by atoms with Crippen LogP contribution in [0.1, 0.15) is 35.9 Å². The summed E-state index contributed by atoms with van der Waals surface area (Å²) in [5, 5.41) is 10.3. The second kappa shape index (κ2) is 7.61. The highest BCUT2D eigenvalue weighted by Gasteiger charge is 2.29. The van der Waals surface area contributed by atoms with Gasteiger partial charge in [0.05, 0.1) is 6.54 Å². The number of carbonyl (C=O) groups excluding carboxylic acids is 1. The standard InChI is InChI=1S/C19H23N3O3/c1-13-11-14(2)21-19(20-13)25-16-9-6-10-22(12-16)18(24)17(23)15-7-4-3-5-8-15/h3-5,7-8,11,16-17,23H,6,9-10,12H2,1-2H3. The summed E-state index contributed by atoms with van der Waals surface area (Å²) in [4.78, 5) is 22.8. The molecule has 1 aliphatic heterocycles. The first-order chi connectivity index (χ1) is 12.0. The summed E-state index contributed by atoms with van der Waals surface area (Å²) in [6.45, 7) is 4.85. The molecule has 6 nitrogen and oxygen atoms in total. The highest BCUT2D eigenvalue weighted by molar-refractivity contribution is 5.82. The van der Waals surface area contributed by atoms with Crippen molar-refractivity contribution >= 4 is 5.91 Å². The quantitative estimate of drug-likeness (QED) is 0.923. The molecule has 0 aliphatic carbocycles. The zero-order valence-corrected chi connectivity index (χ0v) is 14.6. The highest BCUT2D eigenvalue weighted by Crippen LogP contribution is 2.21. The third-order valence-electron chi connectivity index (χ3n) is 4.27. The number of amides is 1. The van der Waals surface area contributed by atoms with Gasteiger partial charge in [-0.25, -0.2) is 9.97 Å². The number of aliphatic hydroxyl groups is 1. The lowest BCUT2D eigenvalue weighted by Gasteiger charge is -2.33. The Morgan fingerprint density at radius 2 is 1.92 bits per heavy atom. The zero-order chi connectivity index (χ0) is 17.8. The number of hydrogen-bond donors (Lipinski definition) is 1. The van der Waals surface area contributed by atoms with E-state index in [0.29, 0.717) is 24.7 Å². The number of ether oxygens (including phenoxy) is 1. The van der Waals surface area contributed by atoms with E-state index < -0.39 is 6.10 Å². The fraction of sp³-hybridized carbons (Fsp3) is 0.421. The van der Waals surface area contributed by atoms with Crippen molar-refractivity contribution in [1.82, 2.24) is 14.9 Å². The largest absolute Gasteiger partial charge is 0.458 e. The molecule has 1 N–H and O–H groups in total. The number of carbonyl (C=O) groups is 1. The fourth-order valence-corrected chi connectivity index (χ4v) is 3.08. The molecule has 0 radical (unpaired) electrons. The first-order valence-corrected chi connectivity index (χ1v) is 8.53. The van der Waals surface area contributed by atoms with Gasteiger partial charge in [-0.15, -0.1) is 0 Å². The number of rotatable bonds is 4. The summed E-state index contributed by atoms with van der Waals surface area (Å²) in [6.07, 6.45) is 0.351. The number of nitrogens with zero attached hydrogens (tertiary/aromatic N) is 3. The molecule has 25 heavy (non-hydrogen) atoms. The zero-order valence-electron chi connectivity index (χ0n) is 14.6. The molecule has 1 fully saturated rings. The maximum Gasteiger partial charge on any atom is 0.317 e. The first kappa shape index (κ1) is 17.4. The van der Waals surface area contributed by atoms with Crippen molar-refractivity contribution < 1.29 is 14.6 Å². The van der Waals surface area contributed by atoms with Gasteiger partial charge in [0, 0.05) is 17.9 Å². The topological polar surface area (TPSA) is 75.5 Å². The number of hydrogen-bond acceptors (Lipinski definition) is 5. The summed E-state index contributed by atoms with van der Waals surface area (Å²) < 4.78 is 5.89. The maximum absolute atomic E-state index is 12.6. The van der Waals surface area contributed by atoms with Crippen LogP contribution in [0.15, 0.2) is 36.4 Å². The van der Waals surface area contributed by atoms with E-state index in [1.54, 1.807) is 17.0 Å². The lowest BCUT2D eigenvalue weighted by molar-refractivity contribution is -0.143. The molecule has 2 atom stereocenters. The molecule has 1 amide bonds. The van der Waals surface area contributed by atoms with Crippen LogP contribution in [-0.4, -0.2) is 45.1 Å². The van der Waals surface area contributed by atoms with Crippen molar-refractivity contribution in [2.45, 2.75) is 38.9 Å². The first-order valence-electron chi connectivity index (χ1n) is 8.53. The minimum absolute atomic E-state index is 0.165. The molecule has 2 aromatic rings. The number of aromatic nitrogens is 2. The van der Waals surface area contributed by atoms with Gasteiger partial charge in [-0.1, -0.05) is 30.3 Å². The molecule has 3 rings (SSSR count). The van der Waals surface area contributed by atoms with Crippen molar-refractivity contribution in [3.8, 4) is 6.01 Å². The van der Waals surface area contributed by atoms with Crippen LogP contribution in [0.3, 0.4) is 0 Å². The number of likely N-dealkylation sites (tertiary alicyclic amines) is 1. The summed E-state index contributed by atoms with van der Waals surface area (Å²) in [6, 6.07) is 11.2. The van der Waals surface area contributed by atoms with Crippen LogP contribution < -0.4 is 4.74 Å². The molecule has 0 saturated carbocycles. The van der Waals surface area contributed by atoms with Crippen molar-refractivity contribution in [2.24, 2.45) is 0 Å². The Hall–Kier alpha value is -2.47. The molecule has 1 aromatic heterocycles. The van der Waals surface area contributed by atoms with Gasteiger partial charge in [-0.3, -0.25) is 4.79 Å². The Kier molecular flexibility index (Phi) is 5.28. The van der Waals surface area contributed by atoms with E-state index >= 15 is 0 Å². The van der Waals surface area contributed by atoms with E-state index in [1.165, 1.54) is 0 Å². The fourth-order valence-electron chi connectivity index (χ4n) is 3.08. The number of aliphatic hydroxyl groups excluding tert-OH is 1. The molecule has 1 saturated heterocycles. The van der Waals surface area contributed by atoms with E-state index in [2.05, 4.69) is 9.97 Å². The lowest BCUT2D eigenvalue weighted by Crippen LogP contribution is -2.46. The Morgan fingerprint density at radius 3 is 2.60 bits per heavy atom. The van der Waals surface area contributed by atoms with Crippen LogP contribution in [0.4, 0.5) is 0 Å². The minimum Gasteiger partial charge on any atom is -0.458 e. The molecule has 2 heterocycles. The molecule has 6 heteroatoms. The van der Waals surface area contributed by atoms with E-state index in [0.717, 1.165) is 24.2 Å². The van der Waals surface area contributed by atoms with E-state index in [-0.39, 0.29) is 12.0 Å². The molecule has 2 unspecified atom stereocenters. The van der Waals surface area contributed by atoms with Gasteiger partial charge in [0.2, 0.25) is 0 Å². The molecule has 0 spiro atoms. The second-order valence-corrected chi connectivity index (χ2v) is 6.41. The van der Waals surface area contributed by atoms with Gasteiger partial charge in [-0.05, 0) is 38.3 Å². The normalized spacial score (nSPS) is 18.7. The van der Waals surface area contributed by atoms with Crippen molar-refractivity contribution in [2.75, 3.05) is 13.1 Å². The van der Waals surface area contributed by atoms with E-state index in [9.17, 15) is 9.90 Å². The molecular formula is C19H23N3O3. The average Bonchev–Trinajstić information content (AvgIpc) is 2.60. The minimum atomic E-state index is -1.14. The van der Waals surface area contributed by atoms with E-state index in [4.69, 9.17) is 4.74 Å². The van der Waals surface area contributed by atoms with E-state index in [1.807, 2.05) is 38.1 Å². The summed E-state index contributed by atoms with van der Waals surface area (Å²) in [7, 11) is 0. The lowest BCUT2D eigenvalue weighted by atomic mass is 10.0. The summed E-state index contributed by atoms with van der Waals surface area (Å²) >= 11 is 0. The number of benzene rings is 1. The molecule has 1 aromatic carbocycles. The Bertz CT molecular complexity index is 716. The Labute approximate surface area is 147 Å². The van der Waals surface area contributed by atoms with Crippen LogP contribution in [0.25, 0.3) is 0 Å². The van der Waals surface area contributed by atoms with Gasteiger partial charge in [0.1, 0.15) is 6.10 Å². The second-order valence-electron chi connectivity index (χ2n) is 6.41. The van der Waals surface area contributed by atoms with Gasteiger partial charge >= 0.3 is 6.01 Å². The van der Waals surface area contributed by atoms with Crippen molar-refractivity contribution in [3.05, 3.63) is 53.3 Å². The number of piperidine rings is 1. The maximum atomic E-state index is 12.6. The monoisotopic (exact) mass is 341 g/mol. The molecule has 132 valence electrons. The summed E-state index contributed by atoms with van der Waals surface area (Å²) in [5.74, 6) is -0.291. The van der Waals surface area contributed by atoms with Crippen LogP contribution in [0.2, 0.25) is 0 Å². The SMILES string of the molecule is Cc1cc(C)nc(OC2CCCN(C(=O)C(O)c3ccccc3)C2)n1. The van der Waals surface area contributed by atoms with Crippen LogP contribution >= 0.6 is 0 Å². The predicted octanol–water partition coefficient (Wildman–Crippen LogP) is 2.20. The third-order valence-corrected chi connectivity index (χ3v) is 4.27. The Morgan fingerprint density at radius 1 is 1.24 bits per heavy atom. The van der Waals surface area contributed by atoms with Gasteiger partial charge in [-0.2, -0.15) is 0 Å². The van der Waals surface area contributed by atoms with Crippen LogP contribution in [-0.2, 0) is 4.79 Å². The van der Waals surface area contributed by atoms with Crippen molar-refractivity contribution in [3.63, 3.8) is 0 Å². The molecule has 0 bridgehead atoms. The molecular weight excluding hydrogens is 318 g/mol. The van der Waals surface area contributed by atoms with Gasteiger partial charge in [0.15, 0.2) is 6.10 Å². The van der Waals surface area contributed by atoms with Gasteiger partial charge in [0.25, 0.3) is 5.91 Å². The smallest absolute Gasteiger partial charge is 0.317 e.